The summed E-state index contributed by atoms with van der Waals surface area (Å²) >= 11 is 1.93. The smallest absolute Gasteiger partial charge is 0.127 e. The lowest BCUT2D eigenvalue weighted by Crippen LogP contribution is -2.14. The lowest BCUT2D eigenvalue weighted by Gasteiger charge is -2.19. The van der Waals surface area contributed by atoms with Crippen molar-refractivity contribution in [1.29, 1.82) is 0 Å². The number of aldehydes is 1. The van der Waals surface area contributed by atoms with Gasteiger partial charge in [-0.3, -0.25) is 0 Å². The van der Waals surface area contributed by atoms with Crippen LogP contribution in [0.5, 0.6) is 5.75 Å². The molecule has 0 radical (unpaired) electrons. The van der Waals surface area contributed by atoms with E-state index in [1.165, 1.54) is 5.75 Å². The molecule has 16 heavy (non-hydrogen) atoms. The first kappa shape index (κ1) is 11.5. The molecule has 2 nitrogen and oxygen atoms in total. The first-order chi connectivity index (χ1) is 7.86. The molecule has 3 heteroatoms. The first-order valence-electron chi connectivity index (χ1n) is 5.52. The van der Waals surface area contributed by atoms with E-state index in [1.807, 2.05) is 36.0 Å². The predicted molar refractivity (Wildman–Crippen MR) is 67.2 cm³/mol. The quantitative estimate of drug-likeness (QED) is 0.752. The second-order valence-corrected chi connectivity index (χ2v) is 5.18. The minimum absolute atomic E-state index is 0.00819. The van der Waals surface area contributed by atoms with Gasteiger partial charge in [-0.2, -0.15) is 11.8 Å². The van der Waals surface area contributed by atoms with Crippen LogP contribution < -0.4 is 4.74 Å². The number of para-hydroxylation sites is 1. The monoisotopic (exact) mass is 236 g/mol. The van der Waals surface area contributed by atoms with Crippen LogP contribution in [0.15, 0.2) is 24.3 Å². The average molecular weight is 236 g/mol. The zero-order chi connectivity index (χ0) is 11.4. The van der Waals surface area contributed by atoms with Gasteiger partial charge in [-0.25, -0.2) is 0 Å². The van der Waals surface area contributed by atoms with Crippen molar-refractivity contribution in [2.24, 2.45) is 5.92 Å². The molecule has 1 saturated heterocycles. The van der Waals surface area contributed by atoms with Gasteiger partial charge in [0.05, 0.1) is 7.11 Å². The molecule has 2 atom stereocenters. The average Bonchev–Trinajstić information content (AvgIpc) is 2.84. The molecule has 0 N–H and O–H groups in total. The van der Waals surface area contributed by atoms with Gasteiger partial charge in [-0.05, 0) is 29.9 Å². The lowest BCUT2D eigenvalue weighted by molar-refractivity contribution is -0.109. The second-order valence-electron chi connectivity index (χ2n) is 4.03. The Bertz CT molecular complexity index is 359. The summed E-state index contributed by atoms with van der Waals surface area (Å²) in [6, 6.07) is 7.83. The second kappa shape index (κ2) is 5.39. The highest BCUT2D eigenvalue weighted by Gasteiger charge is 2.28. The van der Waals surface area contributed by atoms with Crippen molar-refractivity contribution in [3.63, 3.8) is 0 Å². The highest BCUT2D eigenvalue weighted by molar-refractivity contribution is 7.99. The lowest BCUT2D eigenvalue weighted by atomic mass is 9.86. The Kier molecular flexibility index (Phi) is 3.88. The Morgan fingerprint density at radius 2 is 2.31 bits per heavy atom. The molecular weight excluding hydrogens is 220 g/mol. The van der Waals surface area contributed by atoms with Gasteiger partial charge in [-0.15, -0.1) is 0 Å². The zero-order valence-corrected chi connectivity index (χ0v) is 10.2. The van der Waals surface area contributed by atoms with Crippen molar-refractivity contribution in [1.82, 2.24) is 0 Å². The Morgan fingerprint density at radius 3 is 2.94 bits per heavy atom. The normalized spacial score (nSPS) is 21.7. The van der Waals surface area contributed by atoms with E-state index in [0.717, 1.165) is 29.8 Å². The third-order valence-electron chi connectivity index (χ3n) is 3.12. The highest BCUT2D eigenvalue weighted by Crippen LogP contribution is 2.37. The third-order valence-corrected chi connectivity index (χ3v) is 4.31. The van der Waals surface area contributed by atoms with Crippen molar-refractivity contribution >= 4 is 18.0 Å². The van der Waals surface area contributed by atoms with Crippen LogP contribution in [0.1, 0.15) is 17.9 Å². The fourth-order valence-electron chi connectivity index (χ4n) is 2.22. The SMILES string of the molecule is COc1ccccc1C(C=O)C1CCSC1. The molecule has 0 aliphatic carbocycles. The topological polar surface area (TPSA) is 26.3 Å². The van der Waals surface area contributed by atoms with Crippen LogP contribution in [-0.4, -0.2) is 24.9 Å². The molecule has 1 aliphatic rings. The van der Waals surface area contributed by atoms with E-state index >= 15 is 0 Å². The summed E-state index contributed by atoms with van der Waals surface area (Å²) in [4.78, 5) is 11.3. The van der Waals surface area contributed by atoms with Gasteiger partial charge in [0.25, 0.3) is 0 Å². The van der Waals surface area contributed by atoms with Gasteiger partial charge in [0, 0.05) is 11.5 Å². The van der Waals surface area contributed by atoms with Crippen LogP contribution in [0.25, 0.3) is 0 Å². The Balaban J connectivity index is 2.28. The van der Waals surface area contributed by atoms with Crippen LogP contribution in [-0.2, 0) is 4.79 Å². The molecule has 1 aromatic carbocycles. The van der Waals surface area contributed by atoms with E-state index in [1.54, 1.807) is 7.11 Å². The van der Waals surface area contributed by atoms with Gasteiger partial charge >= 0.3 is 0 Å². The van der Waals surface area contributed by atoms with E-state index in [9.17, 15) is 4.79 Å². The summed E-state index contributed by atoms with van der Waals surface area (Å²) < 4.78 is 5.32. The van der Waals surface area contributed by atoms with Crippen molar-refractivity contribution in [3.05, 3.63) is 29.8 Å². The molecule has 86 valence electrons. The molecule has 0 bridgehead atoms. The molecule has 0 saturated carbocycles. The number of benzene rings is 1. The minimum Gasteiger partial charge on any atom is -0.496 e. The molecule has 0 amide bonds. The van der Waals surface area contributed by atoms with Crippen molar-refractivity contribution in [3.8, 4) is 5.75 Å². The molecule has 2 unspecified atom stereocenters. The zero-order valence-electron chi connectivity index (χ0n) is 9.39. The van der Waals surface area contributed by atoms with Gasteiger partial charge in [0.1, 0.15) is 12.0 Å². The Morgan fingerprint density at radius 1 is 1.50 bits per heavy atom. The Hall–Kier alpha value is -0.960. The van der Waals surface area contributed by atoms with E-state index < -0.39 is 0 Å². The molecular formula is C13H16O2S. The molecule has 1 aromatic rings. The van der Waals surface area contributed by atoms with Crippen molar-refractivity contribution in [2.45, 2.75) is 12.3 Å². The number of ether oxygens (including phenoxy) is 1. The van der Waals surface area contributed by atoms with E-state index in [2.05, 4.69) is 0 Å². The highest BCUT2D eigenvalue weighted by atomic mass is 32.2. The molecule has 1 heterocycles. The molecule has 0 aromatic heterocycles. The van der Waals surface area contributed by atoms with Gasteiger partial charge in [-0.1, -0.05) is 18.2 Å². The van der Waals surface area contributed by atoms with Crippen molar-refractivity contribution < 1.29 is 9.53 Å². The number of thioether (sulfide) groups is 1. The van der Waals surface area contributed by atoms with Gasteiger partial charge in [0.15, 0.2) is 0 Å². The van der Waals surface area contributed by atoms with Gasteiger partial charge in [0.2, 0.25) is 0 Å². The summed E-state index contributed by atoms with van der Waals surface area (Å²) in [5.41, 5.74) is 1.03. The molecule has 1 aliphatic heterocycles. The summed E-state index contributed by atoms with van der Waals surface area (Å²) in [6.07, 6.45) is 2.21. The fourth-order valence-corrected chi connectivity index (χ4v) is 3.53. The number of carbonyl (C=O) groups is 1. The van der Waals surface area contributed by atoms with E-state index in [-0.39, 0.29) is 5.92 Å². The largest absolute Gasteiger partial charge is 0.496 e. The van der Waals surface area contributed by atoms with Crippen LogP contribution in [0.2, 0.25) is 0 Å². The number of carbonyl (C=O) groups excluding carboxylic acids is 1. The standard InChI is InChI=1S/C13H16O2S/c1-15-13-5-3-2-4-11(13)12(8-14)10-6-7-16-9-10/h2-5,8,10,12H,6-7,9H2,1H3. The van der Waals surface area contributed by atoms with Crippen molar-refractivity contribution in [2.75, 3.05) is 18.6 Å². The van der Waals surface area contributed by atoms with Crippen LogP contribution in [0, 0.1) is 5.92 Å². The summed E-state index contributed by atoms with van der Waals surface area (Å²) in [5.74, 6) is 3.55. The Labute approximate surface area is 100 Å². The summed E-state index contributed by atoms with van der Waals surface area (Å²) in [6.45, 7) is 0. The van der Waals surface area contributed by atoms with Gasteiger partial charge < -0.3 is 9.53 Å². The number of rotatable bonds is 4. The summed E-state index contributed by atoms with van der Waals surface area (Å²) in [7, 11) is 1.66. The van der Waals surface area contributed by atoms with Crippen LogP contribution >= 0.6 is 11.8 Å². The number of hydrogen-bond donors (Lipinski definition) is 0. The predicted octanol–water partition coefficient (Wildman–Crippen LogP) is 2.73. The summed E-state index contributed by atoms with van der Waals surface area (Å²) in [5, 5.41) is 0. The van der Waals surface area contributed by atoms with E-state index in [0.29, 0.717) is 5.92 Å². The molecule has 1 fully saturated rings. The van der Waals surface area contributed by atoms with E-state index in [4.69, 9.17) is 4.74 Å². The van der Waals surface area contributed by atoms with Crippen LogP contribution in [0.4, 0.5) is 0 Å². The maximum atomic E-state index is 11.3. The first-order valence-corrected chi connectivity index (χ1v) is 6.68. The number of hydrogen-bond acceptors (Lipinski definition) is 3. The minimum atomic E-state index is -0.00819. The van der Waals surface area contributed by atoms with Crippen LogP contribution in [0.3, 0.4) is 0 Å². The number of methoxy groups -OCH3 is 1. The maximum Gasteiger partial charge on any atom is 0.127 e. The molecule has 2 rings (SSSR count). The fraction of sp³-hybridized carbons (Fsp3) is 0.462. The maximum absolute atomic E-state index is 11.3. The molecule has 0 spiro atoms. The third kappa shape index (κ3) is 2.24.